The molecule has 0 aliphatic rings. The Bertz CT molecular complexity index is 3200. The van der Waals surface area contributed by atoms with Crippen molar-refractivity contribution < 1.29 is 4.42 Å². The van der Waals surface area contributed by atoms with Crippen molar-refractivity contribution in [1.29, 1.82) is 0 Å². The van der Waals surface area contributed by atoms with Gasteiger partial charge in [0.15, 0.2) is 17.5 Å². The molecule has 256 valence electrons. The summed E-state index contributed by atoms with van der Waals surface area (Å²) in [4.78, 5) is 14.9. The largest absolute Gasteiger partial charge is 0.456 e. The Morgan fingerprint density at radius 1 is 0.291 bits per heavy atom. The molecule has 0 unspecified atom stereocenters. The molecule has 0 radical (unpaired) electrons. The van der Waals surface area contributed by atoms with E-state index in [1.54, 1.807) is 0 Å². The van der Waals surface area contributed by atoms with Crippen molar-refractivity contribution in [1.82, 2.24) is 15.0 Å². The molecule has 0 atom stereocenters. The third-order valence-electron chi connectivity index (χ3n) is 10.7. The Labute approximate surface area is 317 Å². The van der Waals surface area contributed by atoms with E-state index in [1.165, 1.54) is 37.7 Å². The molecule has 2 heterocycles. The van der Waals surface area contributed by atoms with Crippen molar-refractivity contribution in [2.45, 2.75) is 0 Å². The fraction of sp³-hybridized carbons (Fsp3) is 0. The van der Waals surface area contributed by atoms with E-state index >= 15 is 0 Å². The smallest absolute Gasteiger partial charge is 0.164 e. The third-order valence-corrected chi connectivity index (χ3v) is 10.7. The summed E-state index contributed by atoms with van der Waals surface area (Å²) in [5.74, 6) is 1.93. The maximum atomic E-state index is 6.33. The first-order chi connectivity index (χ1) is 27.2. The maximum absolute atomic E-state index is 6.33. The van der Waals surface area contributed by atoms with Gasteiger partial charge < -0.3 is 4.42 Å². The number of nitrogens with zero attached hydrogens (tertiary/aromatic N) is 3. The van der Waals surface area contributed by atoms with Gasteiger partial charge in [0.05, 0.1) is 0 Å². The molecule has 0 aliphatic carbocycles. The van der Waals surface area contributed by atoms with Gasteiger partial charge in [-0.3, -0.25) is 0 Å². The van der Waals surface area contributed by atoms with Gasteiger partial charge >= 0.3 is 0 Å². The fourth-order valence-electron chi connectivity index (χ4n) is 8.10. The number of furan rings is 1. The standard InChI is InChI=1S/C51H31N3O/c1-3-12-34(13-4-1)49-52-50(35-14-5-2-6-15-35)54-51(53-49)39-17-11-16-36(31-39)40-18-7-8-19-41(40)37-26-28-42-38(30-37)25-24-32-22-23-33-27-29-45-48(47(33)46(32)42)43-20-9-10-21-44(43)55-45/h1-31H. The Morgan fingerprint density at radius 3 is 1.53 bits per heavy atom. The van der Waals surface area contributed by atoms with Crippen LogP contribution in [-0.4, -0.2) is 15.0 Å². The first kappa shape index (κ1) is 31.1. The zero-order valence-corrected chi connectivity index (χ0v) is 29.6. The van der Waals surface area contributed by atoms with E-state index in [0.717, 1.165) is 55.5 Å². The Kier molecular flexibility index (Phi) is 7.14. The molecule has 11 rings (SSSR count). The van der Waals surface area contributed by atoms with Crippen LogP contribution in [0, 0.1) is 0 Å². The van der Waals surface area contributed by atoms with Gasteiger partial charge in [-0.2, -0.15) is 0 Å². The van der Waals surface area contributed by atoms with E-state index in [4.69, 9.17) is 19.4 Å². The lowest BCUT2D eigenvalue weighted by atomic mass is 9.90. The van der Waals surface area contributed by atoms with Crippen molar-refractivity contribution in [3.8, 4) is 56.4 Å². The summed E-state index contributed by atoms with van der Waals surface area (Å²) in [6, 6.07) is 65.8. The lowest BCUT2D eigenvalue weighted by molar-refractivity contribution is 0.669. The number of fused-ring (bicyclic) bond motifs is 9. The molecule has 0 spiro atoms. The summed E-state index contributed by atoms with van der Waals surface area (Å²) < 4.78 is 6.33. The molecule has 4 nitrogen and oxygen atoms in total. The van der Waals surface area contributed by atoms with Crippen molar-refractivity contribution in [2.75, 3.05) is 0 Å². The quantitative estimate of drug-likeness (QED) is 0.168. The number of rotatable bonds is 5. The molecule has 55 heavy (non-hydrogen) atoms. The summed E-state index contributed by atoms with van der Waals surface area (Å²) >= 11 is 0. The highest BCUT2D eigenvalue weighted by atomic mass is 16.3. The lowest BCUT2D eigenvalue weighted by Gasteiger charge is -2.14. The minimum Gasteiger partial charge on any atom is -0.456 e. The summed E-state index contributed by atoms with van der Waals surface area (Å²) in [6.07, 6.45) is 0. The van der Waals surface area contributed by atoms with Gasteiger partial charge in [-0.15, -0.1) is 0 Å². The highest BCUT2D eigenvalue weighted by Gasteiger charge is 2.17. The molecular weight excluding hydrogens is 671 g/mol. The SMILES string of the molecule is c1ccc(-c2nc(-c3ccccc3)nc(-c3cccc(-c4ccccc4-c4ccc5c(ccc6ccc7ccc8oc9ccccc9c8c7c65)c4)c3)n2)cc1. The highest BCUT2D eigenvalue weighted by Crippen LogP contribution is 2.42. The molecule has 0 bridgehead atoms. The molecule has 9 aromatic carbocycles. The number of para-hydroxylation sites is 1. The van der Waals surface area contributed by atoms with Crippen LogP contribution in [0.4, 0.5) is 0 Å². The Morgan fingerprint density at radius 2 is 0.818 bits per heavy atom. The Balaban J connectivity index is 1.05. The lowest BCUT2D eigenvalue weighted by Crippen LogP contribution is -2.00. The van der Waals surface area contributed by atoms with Crippen LogP contribution in [0.2, 0.25) is 0 Å². The molecule has 0 saturated carbocycles. The molecule has 0 N–H and O–H groups in total. The van der Waals surface area contributed by atoms with E-state index in [-0.39, 0.29) is 0 Å². The first-order valence-electron chi connectivity index (χ1n) is 18.5. The fourth-order valence-corrected chi connectivity index (χ4v) is 8.10. The van der Waals surface area contributed by atoms with Crippen molar-refractivity contribution in [3.05, 3.63) is 188 Å². The normalized spacial score (nSPS) is 11.6. The van der Waals surface area contributed by atoms with Gasteiger partial charge in [0.25, 0.3) is 0 Å². The van der Waals surface area contributed by atoms with Crippen molar-refractivity contribution in [3.63, 3.8) is 0 Å². The van der Waals surface area contributed by atoms with Crippen molar-refractivity contribution in [2.24, 2.45) is 0 Å². The summed E-state index contributed by atoms with van der Waals surface area (Å²) in [6.45, 7) is 0. The zero-order chi connectivity index (χ0) is 36.3. The van der Waals surface area contributed by atoms with Gasteiger partial charge in [-0.05, 0) is 73.5 Å². The van der Waals surface area contributed by atoms with Crippen LogP contribution in [0.5, 0.6) is 0 Å². The number of hydrogen-bond acceptors (Lipinski definition) is 4. The molecule has 0 aliphatic heterocycles. The van der Waals surface area contributed by atoms with Gasteiger partial charge in [0.1, 0.15) is 11.2 Å². The van der Waals surface area contributed by atoms with Crippen LogP contribution in [0.25, 0.3) is 111 Å². The predicted octanol–water partition coefficient (Wildman–Crippen LogP) is 13.6. The highest BCUT2D eigenvalue weighted by molar-refractivity contribution is 6.31. The van der Waals surface area contributed by atoms with E-state index in [1.807, 2.05) is 66.7 Å². The third kappa shape index (κ3) is 5.26. The topological polar surface area (TPSA) is 51.8 Å². The summed E-state index contributed by atoms with van der Waals surface area (Å²) in [5, 5.41) is 9.64. The van der Waals surface area contributed by atoms with Crippen LogP contribution in [0.3, 0.4) is 0 Å². The van der Waals surface area contributed by atoms with E-state index in [0.29, 0.717) is 17.5 Å². The van der Waals surface area contributed by atoms with Crippen LogP contribution in [0.15, 0.2) is 192 Å². The summed E-state index contributed by atoms with van der Waals surface area (Å²) in [5.41, 5.74) is 9.20. The van der Waals surface area contributed by atoms with Crippen LogP contribution in [0.1, 0.15) is 0 Å². The molecule has 4 heteroatoms. The van der Waals surface area contributed by atoms with E-state index in [9.17, 15) is 0 Å². The molecule has 2 aromatic heterocycles. The summed E-state index contributed by atoms with van der Waals surface area (Å²) in [7, 11) is 0. The molecule has 0 fully saturated rings. The second kappa shape index (κ2) is 12.6. The van der Waals surface area contributed by atoms with E-state index < -0.39 is 0 Å². The van der Waals surface area contributed by atoms with Gasteiger partial charge in [-0.1, -0.05) is 164 Å². The molecule has 0 amide bonds. The minimum atomic E-state index is 0.636. The Hall–Kier alpha value is -7.43. The van der Waals surface area contributed by atoms with Gasteiger partial charge in [0, 0.05) is 32.8 Å². The number of benzene rings is 9. The number of aromatic nitrogens is 3. The predicted molar refractivity (Wildman–Crippen MR) is 227 cm³/mol. The minimum absolute atomic E-state index is 0.636. The monoisotopic (exact) mass is 701 g/mol. The molecule has 0 saturated heterocycles. The zero-order valence-electron chi connectivity index (χ0n) is 29.6. The number of hydrogen-bond donors (Lipinski definition) is 0. The van der Waals surface area contributed by atoms with Crippen molar-refractivity contribution >= 4 is 54.3 Å². The second-order valence-electron chi connectivity index (χ2n) is 14.0. The van der Waals surface area contributed by atoms with Gasteiger partial charge in [0.2, 0.25) is 0 Å². The average molecular weight is 702 g/mol. The molecule has 11 aromatic rings. The van der Waals surface area contributed by atoms with Crippen LogP contribution in [-0.2, 0) is 0 Å². The first-order valence-corrected chi connectivity index (χ1v) is 18.5. The van der Waals surface area contributed by atoms with Gasteiger partial charge in [-0.25, -0.2) is 15.0 Å². The second-order valence-corrected chi connectivity index (χ2v) is 14.0. The van der Waals surface area contributed by atoms with Crippen LogP contribution < -0.4 is 0 Å². The van der Waals surface area contributed by atoms with E-state index in [2.05, 4.69) is 121 Å². The molecular formula is C51H31N3O. The average Bonchev–Trinajstić information content (AvgIpc) is 3.65. The van der Waals surface area contributed by atoms with Crippen LogP contribution >= 0.6 is 0 Å². The maximum Gasteiger partial charge on any atom is 0.164 e.